The minimum absolute atomic E-state index is 0.0408. The van der Waals surface area contributed by atoms with Crippen LogP contribution in [0.4, 0.5) is 0 Å². The number of nitrogens with zero attached hydrogens (tertiary/aromatic N) is 4. The molecule has 2 atom stereocenters. The van der Waals surface area contributed by atoms with Crippen LogP contribution < -0.4 is 20.3 Å². The lowest BCUT2D eigenvalue weighted by atomic mass is 10.1. The zero-order chi connectivity index (χ0) is 20.1. The van der Waals surface area contributed by atoms with E-state index < -0.39 is 24.0 Å². The van der Waals surface area contributed by atoms with Crippen LogP contribution in [0, 0.1) is 0 Å². The van der Waals surface area contributed by atoms with Crippen molar-refractivity contribution in [2.45, 2.75) is 18.6 Å². The second-order valence-corrected chi connectivity index (χ2v) is 6.34. The second kappa shape index (κ2) is 8.38. The number of hydrogen-bond donors (Lipinski definition) is 2. The second-order valence-electron chi connectivity index (χ2n) is 6.34. The number of ether oxygens (including phenoxy) is 2. The third kappa shape index (κ3) is 4.32. The van der Waals surface area contributed by atoms with Crippen LogP contribution in [0.5, 0.6) is 11.5 Å². The van der Waals surface area contributed by atoms with Gasteiger partial charge in [0.1, 0.15) is 19.0 Å². The van der Waals surface area contributed by atoms with E-state index >= 15 is 0 Å². The molecule has 0 saturated heterocycles. The van der Waals surface area contributed by atoms with Gasteiger partial charge in [0.2, 0.25) is 6.10 Å². The lowest BCUT2D eigenvalue weighted by Crippen LogP contribution is -2.52. The van der Waals surface area contributed by atoms with Gasteiger partial charge >= 0.3 is 0 Å². The molecule has 3 aromatic rings. The SMILES string of the molecule is O=C(NNC(=O)C(Cc1ccccc1)n1cnnn1)C1COc2ccccc2O1. The number of nitrogens with one attached hydrogen (secondary N) is 2. The van der Waals surface area contributed by atoms with Crippen molar-refractivity contribution in [2.75, 3.05) is 6.61 Å². The molecule has 2 heterocycles. The summed E-state index contributed by atoms with van der Waals surface area (Å²) in [6.07, 6.45) is 0.819. The number of rotatable bonds is 5. The fourth-order valence-electron chi connectivity index (χ4n) is 2.89. The number of para-hydroxylation sites is 2. The highest BCUT2D eigenvalue weighted by atomic mass is 16.6. The number of carbonyl (C=O) groups excluding carboxylic acids is 2. The van der Waals surface area contributed by atoms with Crippen molar-refractivity contribution < 1.29 is 19.1 Å². The number of fused-ring (bicyclic) bond motifs is 1. The molecular formula is C19H18N6O4. The molecule has 0 spiro atoms. The molecule has 1 aliphatic heterocycles. The Hall–Kier alpha value is -3.95. The number of hydrazine groups is 1. The van der Waals surface area contributed by atoms with Crippen molar-refractivity contribution in [3.8, 4) is 11.5 Å². The number of hydrogen-bond acceptors (Lipinski definition) is 7. The normalized spacial score (nSPS) is 15.9. The van der Waals surface area contributed by atoms with Crippen LogP contribution in [0.3, 0.4) is 0 Å². The van der Waals surface area contributed by atoms with Gasteiger partial charge in [-0.25, -0.2) is 4.68 Å². The van der Waals surface area contributed by atoms with Gasteiger partial charge in [-0.1, -0.05) is 42.5 Å². The zero-order valence-corrected chi connectivity index (χ0v) is 15.3. The molecular weight excluding hydrogens is 376 g/mol. The van der Waals surface area contributed by atoms with Crippen LogP contribution in [-0.4, -0.2) is 44.7 Å². The molecule has 2 unspecified atom stereocenters. The Kier molecular flexibility index (Phi) is 5.32. The number of tetrazole rings is 1. The minimum atomic E-state index is -0.884. The largest absolute Gasteiger partial charge is 0.485 e. The van der Waals surface area contributed by atoms with Crippen LogP contribution in [0.2, 0.25) is 0 Å². The molecule has 4 rings (SSSR count). The van der Waals surface area contributed by atoms with Gasteiger partial charge in [0.05, 0.1) is 0 Å². The van der Waals surface area contributed by atoms with Crippen molar-refractivity contribution >= 4 is 11.8 Å². The van der Waals surface area contributed by atoms with Crippen LogP contribution >= 0.6 is 0 Å². The van der Waals surface area contributed by atoms with Crippen LogP contribution in [0.25, 0.3) is 0 Å². The van der Waals surface area contributed by atoms with E-state index in [1.807, 2.05) is 36.4 Å². The molecule has 0 aliphatic carbocycles. The predicted octanol–water partition coefficient (Wildman–Crippen LogP) is 0.444. The monoisotopic (exact) mass is 394 g/mol. The lowest BCUT2D eigenvalue weighted by Gasteiger charge is -2.25. The van der Waals surface area contributed by atoms with E-state index in [-0.39, 0.29) is 6.61 Å². The van der Waals surface area contributed by atoms with Crippen LogP contribution in [-0.2, 0) is 16.0 Å². The van der Waals surface area contributed by atoms with Gasteiger partial charge in [0.25, 0.3) is 11.8 Å². The van der Waals surface area contributed by atoms with E-state index in [2.05, 4.69) is 26.4 Å². The van der Waals surface area contributed by atoms with E-state index in [1.54, 1.807) is 18.2 Å². The average molecular weight is 394 g/mol. The third-order valence-corrected chi connectivity index (χ3v) is 4.37. The summed E-state index contributed by atoms with van der Waals surface area (Å²) in [5.41, 5.74) is 5.73. The average Bonchev–Trinajstić information content (AvgIpc) is 3.30. The van der Waals surface area contributed by atoms with Crippen molar-refractivity contribution in [1.82, 2.24) is 31.1 Å². The van der Waals surface area contributed by atoms with Gasteiger partial charge in [0.15, 0.2) is 11.5 Å². The molecule has 1 aliphatic rings. The molecule has 2 amide bonds. The fourth-order valence-corrected chi connectivity index (χ4v) is 2.89. The molecule has 0 radical (unpaired) electrons. The number of benzene rings is 2. The van der Waals surface area contributed by atoms with Gasteiger partial charge in [-0.2, -0.15) is 0 Å². The highest BCUT2D eigenvalue weighted by molar-refractivity contribution is 5.86. The third-order valence-electron chi connectivity index (χ3n) is 4.37. The highest BCUT2D eigenvalue weighted by Crippen LogP contribution is 2.30. The Morgan fingerprint density at radius 3 is 2.59 bits per heavy atom. The lowest BCUT2D eigenvalue weighted by molar-refractivity contribution is -0.136. The Morgan fingerprint density at radius 1 is 1.07 bits per heavy atom. The van der Waals surface area contributed by atoms with Crippen molar-refractivity contribution in [2.24, 2.45) is 0 Å². The van der Waals surface area contributed by atoms with Crippen molar-refractivity contribution in [1.29, 1.82) is 0 Å². The van der Waals surface area contributed by atoms with E-state index in [4.69, 9.17) is 9.47 Å². The van der Waals surface area contributed by atoms with Gasteiger partial charge in [-0.3, -0.25) is 20.4 Å². The smallest absolute Gasteiger partial charge is 0.283 e. The standard InChI is InChI=1S/C19H18N6O4/c26-18(14(25-12-20-23-24-25)10-13-6-2-1-3-7-13)21-22-19(27)17-11-28-15-8-4-5-9-16(15)29-17/h1-9,12,14,17H,10-11H2,(H,21,26)(H,22,27). The summed E-state index contributed by atoms with van der Waals surface area (Å²) in [7, 11) is 0. The molecule has 2 N–H and O–H groups in total. The first-order valence-corrected chi connectivity index (χ1v) is 8.95. The summed E-state index contributed by atoms with van der Waals surface area (Å²) in [4.78, 5) is 25.1. The molecule has 10 nitrogen and oxygen atoms in total. The Bertz CT molecular complexity index is 979. The Labute approximate surface area is 165 Å². The number of aromatic nitrogens is 4. The first-order chi connectivity index (χ1) is 14.2. The van der Waals surface area contributed by atoms with E-state index in [1.165, 1.54) is 11.0 Å². The maximum absolute atomic E-state index is 12.7. The molecule has 1 aromatic heterocycles. The summed E-state index contributed by atoms with van der Waals surface area (Å²) < 4.78 is 12.5. The van der Waals surface area contributed by atoms with Gasteiger partial charge in [-0.15, -0.1) is 5.10 Å². The minimum Gasteiger partial charge on any atom is -0.485 e. The van der Waals surface area contributed by atoms with Gasteiger partial charge in [-0.05, 0) is 28.1 Å². The Morgan fingerprint density at radius 2 is 1.83 bits per heavy atom. The summed E-state index contributed by atoms with van der Waals surface area (Å²) in [6, 6.07) is 15.8. The van der Waals surface area contributed by atoms with E-state index in [0.29, 0.717) is 17.9 Å². The zero-order valence-electron chi connectivity index (χ0n) is 15.3. The first kappa shape index (κ1) is 18.4. The highest BCUT2D eigenvalue weighted by Gasteiger charge is 2.29. The summed E-state index contributed by atoms with van der Waals surface area (Å²) in [5, 5.41) is 11.0. The maximum Gasteiger partial charge on any atom is 0.283 e. The first-order valence-electron chi connectivity index (χ1n) is 8.95. The van der Waals surface area contributed by atoms with Gasteiger partial charge in [0, 0.05) is 6.42 Å². The summed E-state index contributed by atoms with van der Waals surface area (Å²) in [6.45, 7) is 0.0408. The van der Waals surface area contributed by atoms with E-state index in [0.717, 1.165) is 5.56 Å². The summed E-state index contributed by atoms with van der Waals surface area (Å²) in [5.74, 6) is 0.0534. The topological polar surface area (TPSA) is 120 Å². The summed E-state index contributed by atoms with van der Waals surface area (Å²) >= 11 is 0. The van der Waals surface area contributed by atoms with Crippen LogP contribution in [0.15, 0.2) is 60.9 Å². The molecule has 0 saturated carbocycles. The van der Waals surface area contributed by atoms with Gasteiger partial charge < -0.3 is 9.47 Å². The molecule has 0 bridgehead atoms. The van der Waals surface area contributed by atoms with Crippen LogP contribution in [0.1, 0.15) is 11.6 Å². The quantitative estimate of drug-likeness (QED) is 0.603. The molecule has 148 valence electrons. The fraction of sp³-hybridized carbons (Fsp3) is 0.211. The molecule has 0 fully saturated rings. The molecule has 29 heavy (non-hydrogen) atoms. The van der Waals surface area contributed by atoms with Crippen molar-refractivity contribution in [3.05, 3.63) is 66.5 Å². The van der Waals surface area contributed by atoms with Crippen molar-refractivity contribution in [3.63, 3.8) is 0 Å². The Balaban J connectivity index is 1.38. The molecule has 2 aromatic carbocycles. The number of amides is 2. The molecule has 10 heteroatoms. The number of carbonyl (C=O) groups is 2. The predicted molar refractivity (Wildman–Crippen MR) is 99.6 cm³/mol. The maximum atomic E-state index is 12.7. The van der Waals surface area contributed by atoms with E-state index in [9.17, 15) is 9.59 Å².